The quantitative estimate of drug-likeness (QED) is 0.256. The van der Waals surface area contributed by atoms with Crippen molar-refractivity contribution >= 4 is 34.4 Å². The highest BCUT2D eigenvalue weighted by molar-refractivity contribution is 14.1. The van der Waals surface area contributed by atoms with Gasteiger partial charge in [0, 0.05) is 31.5 Å². The van der Waals surface area contributed by atoms with E-state index < -0.39 is 30.0 Å². The molecule has 9 nitrogen and oxygen atoms in total. The number of carbonyl (C=O) groups excluding carboxylic acids is 2. The summed E-state index contributed by atoms with van der Waals surface area (Å²) in [6.45, 7) is 3.50. The standard InChI is InChI=1S/C29H36FIN2O7/c1-17(2)10-26(36)33(15-18-4-6-21(30)7-5-18)23-13-20(29(38)32-8-9-34)14-24(27(23)37)40-28-22(31)11-19(16-35)12-25(28)39-3/h4-7,11-12,14,17,23-24,27,34-35,37H,8-10,13,15-16H2,1-3H3,(H,32,38). The number of carbonyl (C=O) groups is 2. The second-order valence-electron chi connectivity index (χ2n) is 10.0. The number of hydrogen-bond acceptors (Lipinski definition) is 7. The second kappa shape index (κ2) is 14.8. The predicted molar refractivity (Wildman–Crippen MR) is 155 cm³/mol. The van der Waals surface area contributed by atoms with Crippen LogP contribution < -0.4 is 14.8 Å². The van der Waals surface area contributed by atoms with Gasteiger partial charge in [-0.25, -0.2) is 4.39 Å². The molecule has 3 unspecified atom stereocenters. The predicted octanol–water partition coefficient (Wildman–Crippen LogP) is 2.92. The van der Waals surface area contributed by atoms with Gasteiger partial charge in [0.2, 0.25) is 11.8 Å². The summed E-state index contributed by atoms with van der Waals surface area (Å²) in [7, 11) is 1.46. The van der Waals surface area contributed by atoms with Crippen molar-refractivity contribution in [3.8, 4) is 11.5 Å². The number of methoxy groups -OCH3 is 1. The molecule has 0 radical (unpaired) electrons. The van der Waals surface area contributed by atoms with E-state index >= 15 is 0 Å². The Hall–Kier alpha value is -2.74. The number of halogens is 2. The average Bonchev–Trinajstić information content (AvgIpc) is 2.92. The Morgan fingerprint density at radius 3 is 2.48 bits per heavy atom. The van der Waals surface area contributed by atoms with E-state index in [1.807, 2.05) is 36.4 Å². The fourth-order valence-electron chi connectivity index (χ4n) is 4.54. The molecule has 0 aromatic heterocycles. The van der Waals surface area contributed by atoms with E-state index in [9.17, 15) is 29.3 Å². The third-order valence-corrected chi connectivity index (χ3v) is 7.31. The number of benzene rings is 2. The van der Waals surface area contributed by atoms with Crippen LogP contribution in [0.2, 0.25) is 0 Å². The zero-order valence-electron chi connectivity index (χ0n) is 22.8. The lowest BCUT2D eigenvalue weighted by molar-refractivity contribution is -0.140. The minimum atomic E-state index is -1.23. The summed E-state index contributed by atoms with van der Waals surface area (Å²) in [5.41, 5.74) is 1.57. The molecule has 0 spiro atoms. The lowest BCUT2D eigenvalue weighted by Gasteiger charge is -2.41. The maximum absolute atomic E-state index is 13.6. The molecule has 0 fully saturated rings. The fraction of sp³-hybridized carbons (Fsp3) is 0.448. The second-order valence-corrected chi connectivity index (χ2v) is 11.2. The van der Waals surface area contributed by atoms with E-state index in [0.717, 1.165) is 0 Å². The van der Waals surface area contributed by atoms with Crippen molar-refractivity contribution in [1.29, 1.82) is 0 Å². The molecule has 1 aliphatic carbocycles. The molecule has 0 heterocycles. The third kappa shape index (κ3) is 8.15. The largest absolute Gasteiger partial charge is 0.493 e. The van der Waals surface area contributed by atoms with Crippen molar-refractivity contribution in [3.63, 3.8) is 0 Å². The number of nitrogens with zero attached hydrogens (tertiary/aromatic N) is 1. The topological polar surface area (TPSA) is 129 Å². The molecule has 40 heavy (non-hydrogen) atoms. The minimum Gasteiger partial charge on any atom is -0.493 e. The summed E-state index contributed by atoms with van der Waals surface area (Å²) in [4.78, 5) is 28.1. The summed E-state index contributed by atoms with van der Waals surface area (Å²) in [6, 6.07) is 8.26. The van der Waals surface area contributed by atoms with E-state index in [1.165, 1.54) is 30.2 Å². The Morgan fingerprint density at radius 2 is 1.88 bits per heavy atom. The molecule has 4 N–H and O–H groups in total. The van der Waals surface area contributed by atoms with Crippen molar-refractivity contribution < 1.29 is 38.8 Å². The summed E-state index contributed by atoms with van der Waals surface area (Å²) in [5, 5.41) is 33.0. The zero-order chi connectivity index (χ0) is 29.4. The smallest absolute Gasteiger partial charge is 0.247 e. The van der Waals surface area contributed by atoms with Gasteiger partial charge >= 0.3 is 0 Å². The van der Waals surface area contributed by atoms with Crippen LogP contribution in [0.15, 0.2) is 48.0 Å². The van der Waals surface area contributed by atoms with Crippen molar-refractivity contribution in [2.45, 2.75) is 58.1 Å². The Bertz CT molecular complexity index is 1210. The molecule has 2 amide bonds. The number of rotatable bonds is 12. The van der Waals surface area contributed by atoms with Crippen molar-refractivity contribution in [1.82, 2.24) is 10.2 Å². The van der Waals surface area contributed by atoms with Crippen LogP contribution in [0.3, 0.4) is 0 Å². The molecule has 0 bridgehead atoms. The molecule has 3 rings (SSSR count). The van der Waals surface area contributed by atoms with Gasteiger partial charge in [-0.15, -0.1) is 0 Å². The summed E-state index contributed by atoms with van der Waals surface area (Å²) < 4.78 is 25.9. The van der Waals surface area contributed by atoms with Gasteiger partial charge in [0.05, 0.1) is 29.9 Å². The minimum absolute atomic E-state index is 0.0365. The monoisotopic (exact) mass is 670 g/mol. The van der Waals surface area contributed by atoms with Crippen LogP contribution in [0, 0.1) is 15.3 Å². The SMILES string of the molecule is COc1cc(CO)cc(I)c1OC1C=C(C(=O)NCCO)CC(N(Cc2ccc(F)cc2)C(=O)CC(C)C)C1O. The number of hydrogen-bond donors (Lipinski definition) is 4. The van der Waals surface area contributed by atoms with Gasteiger partial charge in [-0.2, -0.15) is 0 Å². The Morgan fingerprint density at radius 1 is 1.18 bits per heavy atom. The Balaban J connectivity index is 2.04. The van der Waals surface area contributed by atoms with Gasteiger partial charge in [0.15, 0.2) is 11.5 Å². The summed E-state index contributed by atoms with van der Waals surface area (Å²) in [5.74, 6) is -0.390. The number of amides is 2. The van der Waals surface area contributed by atoms with E-state index in [2.05, 4.69) is 5.32 Å². The maximum atomic E-state index is 13.6. The first-order valence-corrected chi connectivity index (χ1v) is 14.1. The highest BCUT2D eigenvalue weighted by atomic mass is 127. The van der Waals surface area contributed by atoms with Crippen LogP contribution in [0.4, 0.5) is 4.39 Å². The molecular weight excluding hydrogens is 634 g/mol. The van der Waals surface area contributed by atoms with Crippen LogP contribution >= 0.6 is 22.6 Å². The molecule has 0 saturated heterocycles. The Labute approximate surface area is 247 Å². The van der Waals surface area contributed by atoms with Gasteiger partial charge in [0.1, 0.15) is 18.0 Å². The zero-order valence-corrected chi connectivity index (χ0v) is 24.9. The average molecular weight is 671 g/mol. The molecule has 2 aromatic rings. The van der Waals surface area contributed by atoms with Crippen LogP contribution in [-0.2, 0) is 22.7 Å². The lowest BCUT2D eigenvalue weighted by atomic mass is 9.87. The molecule has 2 aromatic carbocycles. The van der Waals surface area contributed by atoms with E-state index in [0.29, 0.717) is 26.2 Å². The third-order valence-electron chi connectivity index (χ3n) is 6.51. The fourth-order valence-corrected chi connectivity index (χ4v) is 5.33. The van der Waals surface area contributed by atoms with Crippen molar-refractivity contribution in [2.24, 2.45) is 5.92 Å². The van der Waals surface area contributed by atoms with Crippen molar-refractivity contribution in [3.05, 3.63) is 68.6 Å². The molecule has 3 atom stereocenters. The molecule has 0 aliphatic heterocycles. The van der Waals surface area contributed by atoms with Gasteiger partial charge < -0.3 is 35.0 Å². The van der Waals surface area contributed by atoms with Crippen LogP contribution in [-0.4, -0.2) is 70.5 Å². The maximum Gasteiger partial charge on any atom is 0.247 e. The highest BCUT2D eigenvalue weighted by Crippen LogP contribution is 2.37. The highest BCUT2D eigenvalue weighted by Gasteiger charge is 2.41. The van der Waals surface area contributed by atoms with Gasteiger partial charge in [-0.05, 0) is 70.0 Å². The van der Waals surface area contributed by atoms with Gasteiger partial charge in [-0.1, -0.05) is 26.0 Å². The number of aliphatic hydroxyl groups is 3. The first kappa shape index (κ1) is 31.8. The summed E-state index contributed by atoms with van der Waals surface area (Å²) >= 11 is 2.04. The molecule has 0 saturated carbocycles. The number of ether oxygens (including phenoxy) is 2. The number of nitrogens with one attached hydrogen (secondary N) is 1. The van der Waals surface area contributed by atoms with Crippen LogP contribution in [0.1, 0.15) is 37.8 Å². The van der Waals surface area contributed by atoms with Crippen LogP contribution in [0.5, 0.6) is 11.5 Å². The van der Waals surface area contributed by atoms with Gasteiger partial charge in [0.25, 0.3) is 0 Å². The summed E-state index contributed by atoms with van der Waals surface area (Å²) in [6.07, 6.45) is -0.504. The van der Waals surface area contributed by atoms with E-state index in [4.69, 9.17) is 9.47 Å². The molecular formula is C29H36FIN2O7. The van der Waals surface area contributed by atoms with Gasteiger partial charge in [-0.3, -0.25) is 9.59 Å². The van der Waals surface area contributed by atoms with Crippen LogP contribution in [0.25, 0.3) is 0 Å². The van der Waals surface area contributed by atoms with Crippen molar-refractivity contribution in [2.75, 3.05) is 20.3 Å². The lowest BCUT2D eigenvalue weighted by Crippen LogP contribution is -2.55. The molecule has 1 aliphatic rings. The first-order valence-electron chi connectivity index (χ1n) is 13.0. The normalized spacial score (nSPS) is 18.7. The van der Waals surface area contributed by atoms with E-state index in [-0.39, 0.29) is 56.5 Å². The van der Waals surface area contributed by atoms with E-state index in [1.54, 1.807) is 24.3 Å². The number of aliphatic hydroxyl groups excluding tert-OH is 3. The Kier molecular flexibility index (Phi) is 11.7. The molecule has 218 valence electrons. The first-order chi connectivity index (χ1) is 19.1. The molecule has 11 heteroatoms.